The lowest BCUT2D eigenvalue weighted by molar-refractivity contribution is -0.125. The number of amides is 2. The first-order valence-electron chi connectivity index (χ1n) is 6.81. The minimum Gasteiger partial charge on any atom is -0.368 e. The van der Waals surface area contributed by atoms with Crippen LogP contribution in [0.1, 0.15) is 32.8 Å². The molecule has 1 atom stereocenters. The summed E-state index contributed by atoms with van der Waals surface area (Å²) in [6.45, 7) is 5.82. The Kier molecular flexibility index (Phi) is 6.11. The number of halogens is 2. The molecule has 22 heavy (non-hydrogen) atoms. The van der Waals surface area contributed by atoms with E-state index in [4.69, 9.17) is 17.3 Å². The second-order valence-electron chi connectivity index (χ2n) is 6.23. The van der Waals surface area contributed by atoms with Gasteiger partial charge in [0.1, 0.15) is 11.9 Å². The molecule has 0 radical (unpaired) electrons. The number of primary amides is 1. The van der Waals surface area contributed by atoms with Gasteiger partial charge >= 0.3 is 0 Å². The van der Waals surface area contributed by atoms with Gasteiger partial charge in [-0.1, -0.05) is 38.4 Å². The van der Waals surface area contributed by atoms with E-state index in [-0.39, 0.29) is 16.0 Å². The molecule has 4 nitrogen and oxygen atoms in total. The fraction of sp³-hybridized carbons (Fsp3) is 0.375. The molecule has 0 aliphatic rings. The third-order valence-electron chi connectivity index (χ3n) is 2.85. The van der Waals surface area contributed by atoms with Crippen molar-refractivity contribution in [2.45, 2.75) is 33.2 Å². The third-order valence-corrected chi connectivity index (χ3v) is 3.09. The van der Waals surface area contributed by atoms with Crippen LogP contribution in [0.2, 0.25) is 5.02 Å². The number of nitrogens with one attached hydrogen (secondary N) is 1. The summed E-state index contributed by atoms with van der Waals surface area (Å²) < 4.78 is 13.6. The monoisotopic (exact) mass is 326 g/mol. The van der Waals surface area contributed by atoms with Crippen LogP contribution in [0.5, 0.6) is 0 Å². The number of carbonyl (C=O) groups excluding carboxylic acids is 2. The molecule has 120 valence electrons. The first kappa shape index (κ1) is 18.2. The van der Waals surface area contributed by atoms with Crippen LogP contribution in [-0.4, -0.2) is 17.9 Å². The van der Waals surface area contributed by atoms with Crippen molar-refractivity contribution in [3.63, 3.8) is 0 Å². The molecule has 0 unspecified atom stereocenters. The standard InChI is InChI=1S/C16H20ClFN2O2/c1-16(2,3)9-13(15(19)22)20-14(21)7-5-10-4-6-11(17)8-12(10)18/h4-8,13H,9H2,1-3H3,(H2,19,22)(H,20,21)/b7-5+/t13-/m0/s1. The van der Waals surface area contributed by atoms with Crippen LogP contribution in [0.4, 0.5) is 4.39 Å². The largest absolute Gasteiger partial charge is 0.368 e. The Morgan fingerprint density at radius 1 is 1.41 bits per heavy atom. The molecule has 2 amide bonds. The van der Waals surface area contributed by atoms with Gasteiger partial charge in [0.05, 0.1) is 0 Å². The molecule has 0 aliphatic heterocycles. The average molecular weight is 327 g/mol. The van der Waals surface area contributed by atoms with Gasteiger partial charge in [-0.05, 0) is 30.0 Å². The van der Waals surface area contributed by atoms with Crippen molar-refractivity contribution in [3.05, 3.63) is 40.7 Å². The summed E-state index contributed by atoms with van der Waals surface area (Å²) in [7, 11) is 0. The van der Waals surface area contributed by atoms with Crippen molar-refractivity contribution >= 4 is 29.5 Å². The summed E-state index contributed by atoms with van der Waals surface area (Å²) in [5, 5.41) is 2.80. The summed E-state index contributed by atoms with van der Waals surface area (Å²) in [6.07, 6.45) is 2.89. The van der Waals surface area contributed by atoms with Crippen LogP contribution in [0.3, 0.4) is 0 Å². The minimum absolute atomic E-state index is 0.168. The number of rotatable bonds is 5. The van der Waals surface area contributed by atoms with Gasteiger partial charge in [0.2, 0.25) is 11.8 Å². The molecule has 0 saturated heterocycles. The fourth-order valence-corrected chi connectivity index (χ4v) is 2.02. The number of hydrogen-bond acceptors (Lipinski definition) is 2. The van der Waals surface area contributed by atoms with Crippen LogP contribution < -0.4 is 11.1 Å². The average Bonchev–Trinajstić information content (AvgIpc) is 2.35. The van der Waals surface area contributed by atoms with Crippen LogP contribution in [0.25, 0.3) is 6.08 Å². The van der Waals surface area contributed by atoms with Crippen molar-refractivity contribution in [1.29, 1.82) is 0 Å². The van der Waals surface area contributed by atoms with E-state index in [2.05, 4.69) is 5.32 Å². The molecular formula is C16H20ClFN2O2. The zero-order chi connectivity index (χ0) is 16.9. The van der Waals surface area contributed by atoms with E-state index >= 15 is 0 Å². The molecule has 0 heterocycles. The van der Waals surface area contributed by atoms with E-state index in [1.807, 2.05) is 20.8 Å². The number of nitrogens with two attached hydrogens (primary N) is 1. The van der Waals surface area contributed by atoms with Crippen LogP contribution >= 0.6 is 11.6 Å². The van der Waals surface area contributed by atoms with Gasteiger partial charge in [-0.15, -0.1) is 0 Å². The third kappa shape index (κ3) is 6.26. The summed E-state index contributed by atoms with van der Waals surface area (Å²) >= 11 is 5.65. The smallest absolute Gasteiger partial charge is 0.244 e. The van der Waals surface area contributed by atoms with Crippen molar-refractivity contribution < 1.29 is 14.0 Å². The highest BCUT2D eigenvalue weighted by atomic mass is 35.5. The Balaban J connectivity index is 2.75. The molecule has 1 rings (SSSR count). The van der Waals surface area contributed by atoms with Gasteiger partial charge in [0.15, 0.2) is 0 Å². The van der Waals surface area contributed by atoms with Gasteiger partial charge in [-0.2, -0.15) is 0 Å². The zero-order valence-electron chi connectivity index (χ0n) is 12.8. The highest BCUT2D eigenvalue weighted by Gasteiger charge is 2.23. The molecule has 0 fully saturated rings. The molecule has 3 N–H and O–H groups in total. The van der Waals surface area contributed by atoms with Crippen molar-refractivity contribution in [2.24, 2.45) is 11.1 Å². The molecular weight excluding hydrogens is 307 g/mol. The molecule has 0 spiro atoms. The Hall–Kier alpha value is -1.88. The maximum atomic E-state index is 13.6. The molecule has 0 aromatic heterocycles. The number of carbonyl (C=O) groups is 2. The molecule has 0 bridgehead atoms. The number of benzene rings is 1. The molecule has 1 aromatic carbocycles. The molecule has 6 heteroatoms. The van der Waals surface area contributed by atoms with E-state index in [9.17, 15) is 14.0 Å². The number of hydrogen-bond donors (Lipinski definition) is 2. The van der Waals surface area contributed by atoms with Crippen molar-refractivity contribution in [2.75, 3.05) is 0 Å². The van der Waals surface area contributed by atoms with E-state index in [0.29, 0.717) is 6.42 Å². The molecule has 0 saturated carbocycles. The van der Waals surface area contributed by atoms with Crippen molar-refractivity contribution in [1.82, 2.24) is 5.32 Å². The maximum absolute atomic E-state index is 13.6. The van der Waals surface area contributed by atoms with Crippen LogP contribution in [0, 0.1) is 11.2 Å². The fourth-order valence-electron chi connectivity index (χ4n) is 1.86. The minimum atomic E-state index is -0.771. The summed E-state index contributed by atoms with van der Waals surface area (Å²) in [5.41, 5.74) is 5.35. The first-order chi connectivity index (χ1) is 10.1. The molecule has 1 aromatic rings. The van der Waals surface area contributed by atoms with E-state index < -0.39 is 23.7 Å². The Bertz CT molecular complexity index is 594. The lowest BCUT2D eigenvalue weighted by Crippen LogP contribution is -2.45. The Morgan fingerprint density at radius 3 is 2.55 bits per heavy atom. The van der Waals surface area contributed by atoms with E-state index in [1.165, 1.54) is 18.2 Å². The van der Waals surface area contributed by atoms with Gasteiger partial charge in [0, 0.05) is 16.7 Å². The SMILES string of the molecule is CC(C)(C)C[C@H](NC(=O)/C=C/c1ccc(Cl)cc1F)C(N)=O. The summed E-state index contributed by atoms with van der Waals surface area (Å²) in [4.78, 5) is 23.2. The molecule has 0 aliphatic carbocycles. The topological polar surface area (TPSA) is 72.2 Å². The van der Waals surface area contributed by atoms with Gasteiger partial charge in [-0.25, -0.2) is 4.39 Å². The van der Waals surface area contributed by atoms with Crippen molar-refractivity contribution in [3.8, 4) is 0 Å². The van der Waals surface area contributed by atoms with E-state index in [1.54, 1.807) is 0 Å². The highest BCUT2D eigenvalue weighted by molar-refractivity contribution is 6.30. The van der Waals surface area contributed by atoms with Gasteiger partial charge in [-0.3, -0.25) is 9.59 Å². The van der Waals surface area contributed by atoms with Crippen LogP contribution in [-0.2, 0) is 9.59 Å². The quantitative estimate of drug-likeness (QED) is 0.817. The Morgan fingerprint density at radius 2 is 2.05 bits per heavy atom. The second kappa shape index (κ2) is 7.40. The highest BCUT2D eigenvalue weighted by Crippen LogP contribution is 2.20. The Labute approximate surface area is 134 Å². The predicted molar refractivity (Wildman–Crippen MR) is 85.6 cm³/mol. The second-order valence-corrected chi connectivity index (χ2v) is 6.66. The van der Waals surface area contributed by atoms with Gasteiger partial charge < -0.3 is 11.1 Å². The first-order valence-corrected chi connectivity index (χ1v) is 7.19. The normalized spacial score (nSPS) is 13.1. The predicted octanol–water partition coefficient (Wildman–Crippen LogP) is 2.90. The van der Waals surface area contributed by atoms with Crippen LogP contribution in [0.15, 0.2) is 24.3 Å². The van der Waals surface area contributed by atoms with Gasteiger partial charge in [0.25, 0.3) is 0 Å². The lowest BCUT2D eigenvalue weighted by atomic mass is 9.88. The van der Waals surface area contributed by atoms with E-state index in [0.717, 1.165) is 12.1 Å². The lowest BCUT2D eigenvalue weighted by Gasteiger charge is -2.24. The summed E-state index contributed by atoms with van der Waals surface area (Å²) in [5.74, 6) is -1.64. The zero-order valence-corrected chi connectivity index (χ0v) is 13.6. The summed E-state index contributed by atoms with van der Waals surface area (Å²) in [6, 6.07) is 3.37. The maximum Gasteiger partial charge on any atom is 0.244 e.